The first-order chi connectivity index (χ1) is 15.4. The Balaban J connectivity index is 1.44. The summed E-state index contributed by atoms with van der Waals surface area (Å²) in [6.07, 6.45) is 0. The van der Waals surface area contributed by atoms with Crippen molar-refractivity contribution in [3.63, 3.8) is 0 Å². The Morgan fingerprint density at radius 3 is 2.38 bits per heavy atom. The van der Waals surface area contributed by atoms with Crippen LogP contribution in [0.1, 0.15) is 10.4 Å². The standard InChI is InChI=1S/C22H21ClN6O3/c1-27-10-12-28(13-11-27)21-9-8-20(25-26-21)15-2-4-16(5-3-15)24-22(30)18-14-17(29(31)32)6-7-19(18)23/h2-9,14H,10-13H2,1H3,(H,24,30). The van der Waals surface area contributed by atoms with Gasteiger partial charge >= 0.3 is 0 Å². The van der Waals surface area contributed by atoms with Crippen molar-refractivity contribution < 1.29 is 9.72 Å². The second-order valence-corrected chi connectivity index (χ2v) is 7.93. The van der Waals surface area contributed by atoms with Crippen LogP contribution in [-0.2, 0) is 0 Å². The monoisotopic (exact) mass is 452 g/mol. The third kappa shape index (κ3) is 4.84. The van der Waals surface area contributed by atoms with Gasteiger partial charge in [0.05, 0.1) is 21.2 Å². The van der Waals surface area contributed by atoms with Gasteiger partial charge in [-0.15, -0.1) is 10.2 Å². The number of carbonyl (C=O) groups excluding carboxylic acids is 1. The quantitative estimate of drug-likeness (QED) is 0.464. The highest BCUT2D eigenvalue weighted by Gasteiger charge is 2.17. The number of piperazine rings is 1. The van der Waals surface area contributed by atoms with Gasteiger partial charge in [0.25, 0.3) is 11.6 Å². The number of carbonyl (C=O) groups is 1. The Kier molecular flexibility index (Phi) is 6.29. The smallest absolute Gasteiger partial charge is 0.270 e. The van der Waals surface area contributed by atoms with E-state index in [1.807, 2.05) is 24.3 Å². The first kappa shape index (κ1) is 21.7. The van der Waals surface area contributed by atoms with Crippen molar-refractivity contribution in [3.05, 3.63) is 75.3 Å². The fraction of sp³-hybridized carbons (Fsp3) is 0.227. The summed E-state index contributed by atoms with van der Waals surface area (Å²) >= 11 is 6.04. The van der Waals surface area contributed by atoms with Gasteiger partial charge in [-0.1, -0.05) is 23.7 Å². The Morgan fingerprint density at radius 1 is 1.03 bits per heavy atom. The summed E-state index contributed by atoms with van der Waals surface area (Å²) in [5, 5.41) is 22.5. The summed E-state index contributed by atoms with van der Waals surface area (Å²) in [4.78, 5) is 27.4. The van der Waals surface area contributed by atoms with E-state index in [-0.39, 0.29) is 16.3 Å². The van der Waals surface area contributed by atoms with Crippen LogP contribution in [0.3, 0.4) is 0 Å². The molecule has 1 N–H and O–H groups in total. The molecule has 10 heteroatoms. The molecule has 4 rings (SSSR count). The van der Waals surface area contributed by atoms with E-state index in [4.69, 9.17) is 11.6 Å². The molecule has 32 heavy (non-hydrogen) atoms. The van der Waals surface area contributed by atoms with Gasteiger partial charge in [0.2, 0.25) is 0 Å². The number of nitro benzene ring substituents is 1. The normalized spacial score (nSPS) is 14.2. The lowest BCUT2D eigenvalue weighted by Crippen LogP contribution is -2.44. The van der Waals surface area contributed by atoms with E-state index < -0.39 is 10.8 Å². The van der Waals surface area contributed by atoms with Crippen LogP contribution in [0.5, 0.6) is 0 Å². The summed E-state index contributed by atoms with van der Waals surface area (Å²) in [6.45, 7) is 3.84. The van der Waals surface area contributed by atoms with E-state index in [1.165, 1.54) is 12.1 Å². The van der Waals surface area contributed by atoms with Crippen LogP contribution in [0.15, 0.2) is 54.6 Å². The molecule has 0 saturated carbocycles. The molecule has 3 aromatic rings. The largest absolute Gasteiger partial charge is 0.353 e. The minimum absolute atomic E-state index is 0.0373. The number of amides is 1. The molecule has 1 saturated heterocycles. The fourth-order valence-electron chi connectivity index (χ4n) is 3.41. The number of benzene rings is 2. The molecule has 0 atom stereocenters. The number of aromatic nitrogens is 2. The second-order valence-electron chi connectivity index (χ2n) is 7.52. The Hall–Kier alpha value is -3.56. The van der Waals surface area contributed by atoms with Gasteiger partial charge in [-0.25, -0.2) is 0 Å². The first-order valence-electron chi connectivity index (χ1n) is 10.0. The zero-order valence-corrected chi connectivity index (χ0v) is 18.1. The van der Waals surface area contributed by atoms with E-state index in [9.17, 15) is 14.9 Å². The number of nitrogens with one attached hydrogen (secondary N) is 1. The van der Waals surface area contributed by atoms with Crippen molar-refractivity contribution in [1.82, 2.24) is 15.1 Å². The SMILES string of the molecule is CN1CCN(c2ccc(-c3ccc(NC(=O)c4cc([N+](=O)[O-])ccc4Cl)cc3)nn2)CC1. The average Bonchev–Trinajstić information content (AvgIpc) is 2.80. The molecule has 1 amide bonds. The molecule has 1 aromatic heterocycles. The Morgan fingerprint density at radius 2 is 1.75 bits per heavy atom. The van der Waals surface area contributed by atoms with Gasteiger partial charge in [-0.2, -0.15) is 0 Å². The van der Waals surface area contributed by atoms with Crippen LogP contribution in [0, 0.1) is 10.1 Å². The van der Waals surface area contributed by atoms with Crippen molar-refractivity contribution in [1.29, 1.82) is 0 Å². The maximum Gasteiger partial charge on any atom is 0.270 e. The number of halogens is 1. The molecule has 2 heterocycles. The predicted octanol–water partition coefficient (Wildman–Crippen LogP) is 3.71. The van der Waals surface area contributed by atoms with Crippen molar-refractivity contribution in [2.45, 2.75) is 0 Å². The molecule has 1 aliphatic rings. The summed E-state index contributed by atoms with van der Waals surface area (Å²) in [5.74, 6) is 0.335. The average molecular weight is 453 g/mol. The molecule has 0 unspecified atom stereocenters. The Labute approximate surface area is 189 Å². The van der Waals surface area contributed by atoms with Gasteiger partial charge in [-0.05, 0) is 37.4 Å². The maximum atomic E-state index is 12.5. The van der Waals surface area contributed by atoms with Gasteiger partial charge < -0.3 is 15.1 Å². The molecule has 1 aliphatic heterocycles. The molecule has 0 radical (unpaired) electrons. The van der Waals surface area contributed by atoms with Crippen LogP contribution in [0.2, 0.25) is 5.02 Å². The molecule has 0 spiro atoms. The summed E-state index contributed by atoms with van der Waals surface area (Å²) < 4.78 is 0. The third-order valence-corrected chi connectivity index (χ3v) is 5.65. The van der Waals surface area contributed by atoms with E-state index in [2.05, 4.69) is 32.4 Å². The van der Waals surface area contributed by atoms with Crippen LogP contribution in [-0.4, -0.2) is 59.2 Å². The van der Waals surface area contributed by atoms with Crippen LogP contribution in [0.4, 0.5) is 17.2 Å². The van der Waals surface area contributed by atoms with E-state index in [1.54, 1.807) is 12.1 Å². The number of anilines is 2. The molecule has 1 fully saturated rings. The highest BCUT2D eigenvalue weighted by Crippen LogP contribution is 2.25. The van der Waals surface area contributed by atoms with E-state index in [0.29, 0.717) is 5.69 Å². The fourth-order valence-corrected chi connectivity index (χ4v) is 3.61. The maximum absolute atomic E-state index is 12.5. The lowest BCUT2D eigenvalue weighted by molar-refractivity contribution is -0.384. The number of hydrogen-bond donors (Lipinski definition) is 1. The summed E-state index contributed by atoms with van der Waals surface area (Å²) in [7, 11) is 2.11. The molecule has 164 valence electrons. The summed E-state index contributed by atoms with van der Waals surface area (Å²) in [5.41, 5.74) is 1.95. The molecule has 0 bridgehead atoms. The third-order valence-electron chi connectivity index (χ3n) is 5.32. The first-order valence-corrected chi connectivity index (χ1v) is 10.4. The van der Waals surface area contributed by atoms with Gasteiger partial charge in [0.1, 0.15) is 0 Å². The summed E-state index contributed by atoms with van der Waals surface area (Å²) in [6, 6.07) is 14.7. The van der Waals surface area contributed by atoms with E-state index >= 15 is 0 Å². The van der Waals surface area contributed by atoms with Crippen LogP contribution >= 0.6 is 11.6 Å². The Bertz CT molecular complexity index is 1130. The highest BCUT2D eigenvalue weighted by molar-refractivity contribution is 6.34. The van der Waals surface area contributed by atoms with Crippen molar-refractivity contribution in [2.24, 2.45) is 0 Å². The molecular weight excluding hydrogens is 432 g/mol. The number of non-ortho nitro benzene ring substituents is 1. The minimum Gasteiger partial charge on any atom is -0.353 e. The molecule has 9 nitrogen and oxygen atoms in total. The number of rotatable bonds is 5. The minimum atomic E-state index is -0.571. The van der Waals surface area contributed by atoms with Crippen molar-refractivity contribution in [2.75, 3.05) is 43.4 Å². The topological polar surface area (TPSA) is 104 Å². The lowest BCUT2D eigenvalue weighted by atomic mass is 10.1. The van der Waals surface area contributed by atoms with Gasteiger partial charge in [0.15, 0.2) is 5.82 Å². The highest BCUT2D eigenvalue weighted by atomic mass is 35.5. The molecular formula is C22H21ClN6O3. The predicted molar refractivity (Wildman–Crippen MR) is 123 cm³/mol. The van der Waals surface area contributed by atoms with Gasteiger partial charge in [-0.3, -0.25) is 14.9 Å². The van der Waals surface area contributed by atoms with Crippen LogP contribution in [0.25, 0.3) is 11.3 Å². The number of hydrogen-bond acceptors (Lipinski definition) is 7. The second kappa shape index (κ2) is 9.29. The van der Waals surface area contributed by atoms with E-state index in [0.717, 1.165) is 49.3 Å². The molecule has 2 aromatic carbocycles. The number of likely N-dealkylation sites (N-methyl/N-ethyl adjacent to an activating group) is 1. The van der Waals surface area contributed by atoms with Crippen molar-refractivity contribution in [3.8, 4) is 11.3 Å². The molecule has 0 aliphatic carbocycles. The number of nitro groups is 1. The van der Waals surface area contributed by atoms with Crippen LogP contribution < -0.4 is 10.2 Å². The zero-order chi connectivity index (χ0) is 22.7. The zero-order valence-electron chi connectivity index (χ0n) is 17.4. The lowest BCUT2D eigenvalue weighted by Gasteiger charge is -2.32. The van der Waals surface area contributed by atoms with Crippen molar-refractivity contribution >= 4 is 34.7 Å². The van der Waals surface area contributed by atoms with Gasteiger partial charge in [0, 0.05) is 49.6 Å². The number of nitrogens with zero attached hydrogens (tertiary/aromatic N) is 5.